The highest BCUT2D eigenvalue weighted by molar-refractivity contribution is 7.49. The van der Waals surface area contributed by atoms with E-state index in [1.807, 2.05) is 80.6 Å². The zero-order chi connectivity index (χ0) is 18.4. The van der Waals surface area contributed by atoms with E-state index in [1.165, 1.54) is 0 Å². The van der Waals surface area contributed by atoms with Crippen LogP contribution in [0.15, 0.2) is 78.9 Å². The first-order chi connectivity index (χ1) is 12.6. The molecule has 4 nitrogen and oxygen atoms in total. The minimum atomic E-state index is -3.88. The van der Waals surface area contributed by atoms with E-state index in [2.05, 4.69) is 0 Å². The first kappa shape index (κ1) is 18.2. The lowest BCUT2D eigenvalue weighted by Crippen LogP contribution is -2.06. The van der Waals surface area contributed by atoms with Crippen LogP contribution in [0, 0.1) is 13.8 Å². The zero-order valence-electron chi connectivity index (χ0n) is 14.8. The summed E-state index contributed by atoms with van der Waals surface area (Å²) in [5, 5.41) is 0. The molecule has 0 atom stereocenters. The number of phosphoric acid groups is 1. The molecule has 0 aliphatic rings. The minimum Gasteiger partial charge on any atom is -0.395 e. The van der Waals surface area contributed by atoms with E-state index in [0.29, 0.717) is 11.5 Å². The molecule has 0 aliphatic carbocycles. The van der Waals surface area contributed by atoms with E-state index in [0.717, 1.165) is 16.7 Å². The van der Waals surface area contributed by atoms with Crippen LogP contribution in [0.5, 0.6) is 11.5 Å². The van der Waals surface area contributed by atoms with Crippen LogP contribution >= 0.6 is 7.82 Å². The Kier molecular flexibility index (Phi) is 5.77. The molecule has 134 valence electrons. The van der Waals surface area contributed by atoms with E-state index < -0.39 is 7.82 Å². The Bertz CT molecular complexity index is 857. The molecule has 0 spiro atoms. The minimum absolute atomic E-state index is 0.121. The standard InChI is InChI=1S/C21H21O4P/c1-17-10-6-8-14-20(17)24-26(22,23-16-19-12-4-3-5-13-19)25-21-15-9-7-11-18(21)2/h3-15H,16H2,1-2H3. The molecule has 3 rings (SSSR count). The van der Waals surface area contributed by atoms with Gasteiger partial charge in [-0.25, -0.2) is 4.57 Å². The smallest absolute Gasteiger partial charge is 0.395 e. The number of para-hydroxylation sites is 2. The maximum absolute atomic E-state index is 13.4. The Balaban J connectivity index is 1.86. The number of aryl methyl sites for hydroxylation is 2. The third kappa shape index (κ3) is 4.75. The van der Waals surface area contributed by atoms with Gasteiger partial charge in [0.2, 0.25) is 0 Å². The fourth-order valence-electron chi connectivity index (χ4n) is 2.36. The quantitative estimate of drug-likeness (QED) is 0.474. The van der Waals surface area contributed by atoms with Crippen LogP contribution in [0.2, 0.25) is 0 Å². The van der Waals surface area contributed by atoms with Crippen molar-refractivity contribution in [2.45, 2.75) is 20.5 Å². The topological polar surface area (TPSA) is 44.8 Å². The number of phosphoric ester groups is 1. The third-order valence-electron chi connectivity index (χ3n) is 3.84. The van der Waals surface area contributed by atoms with Crippen molar-refractivity contribution in [3.8, 4) is 11.5 Å². The Labute approximate surface area is 154 Å². The molecule has 0 aliphatic heterocycles. The van der Waals surface area contributed by atoms with Crippen molar-refractivity contribution < 1.29 is 18.1 Å². The Morgan fingerprint density at radius 1 is 0.692 bits per heavy atom. The van der Waals surface area contributed by atoms with Crippen molar-refractivity contribution in [2.75, 3.05) is 0 Å². The summed E-state index contributed by atoms with van der Waals surface area (Å²) < 4.78 is 30.5. The second-order valence-corrected chi connectivity index (χ2v) is 7.44. The van der Waals surface area contributed by atoms with Crippen LogP contribution in [0.3, 0.4) is 0 Å². The van der Waals surface area contributed by atoms with Crippen molar-refractivity contribution in [1.82, 2.24) is 0 Å². The molecule has 0 saturated heterocycles. The highest BCUT2D eigenvalue weighted by Gasteiger charge is 2.32. The van der Waals surface area contributed by atoms with Gasteiger partial charge in [0.05, 0.1) is 6.61 Å². The highest BCUT2D eigenvalue weighted by atomic mass is 31.2. The van der Waals surface area contributed by atoms with Gasteiger partial charge in [0.1, 0.15) is 11.5 Å². The van der Waals surface area contributed by atoms with Crippen molar-refractivity contribution in [3.63, 3.8) is 0 Å². The van der Waals surface area contributed by atoms with Gasteiger partial charge in [0.25, 0.3) is 0 Å². The lowest BCUT2D eigenvalue weighted by Gasteiger charge is -2.21. The molecule has 0 amide bonds. The second kappa shape index (κ2) is 8.22. The van der Waals surface area contributed by atoms with Crippen LogP contribution in [-0.2, 0) is 15.7 Å². The van der Waals surface area contributed by atoms with E-state index in [-0.39, 0.29) is 6.61 Å². The summed E-state index contributed by atoms with van der Waals surface area (Å²) in [6.45, 7) is 3.88. The molecular formula is C21H21O4P. The largest absolute Gasteiger partial charge is 0.587 e. The van der Waals surface area contributed by atoms with Gasteiger partial charge in [0.15, 0.2) is 0 Å². The van der Waals surface area contributed by atoms with E-state index >= 15 is 0 Å². The lowest BCUT2D eigenvalue weighted by atomic mass is 10.2. The Morgan fingerprint density at radius 3 is 1.65 bits per heavy atom. The molecule has 26 heavy (non-hydrogen) atoms. The molecular weight excluding hydrogens is 347 g/mol. The Hall–Kier alpha value is -2.55. The monoisotopic (exact) mass is 368 g/mol. The van der Waals surface area contributed by atoms with Crippen LogP contribution in [0.1, 0.15) is 16.7 Å². The average molecular weight is 368 g/mol. The van der Waals surface area contributed by atoms with Crippen LogP contribution in [0.25, 0.3) is 0 Å². The molecule has 0 radical (unpaired) electrons. The maximum Gasteiger partial charge on any atom is 0.587 e. The predicted molar refractivity (Wildman–Crippen MR) is 102 cm³/mol. The highest BCUT2D eigenvalue weighted by Crippen LogP contribution is 2.51. The second-order valence-electron chi connectivity index (χ2n) is 5.92. The van der Waals surface area contributed by atoms with Gasteiger partial charge in [-0.15, -0.1) is 0 Å². The summed E-state index contributed by atoms with van der Waals surface area (Å²) in [4.78, 5) is 0. The van der Waals surface area contributed by atoms with E-state index in [9.17, 15) is 4.57 Å². The van der Waals surface area contributed by atoms with Crippen molar-refractivity contribution in [2.24, 2.45) is 0 Å². The summed E-state index contributed by atoms with van der Waals surface area (Å²) in [5.41, 5.74) is 2.59. The first-order valence-corrected chi connectivity index (χ1v) is 9.81. The van der Waals surface area contributed by atoms with Crippen molar-refractivity contribution in [1.29, 1.82) is 0 Å². The SMILES string of the molecule is Cc1ccccc1OP(=O)(OCc1ccccc1)Oc1ccccc1C. The van der Waals surface area contributed by atoms with E-state index in [1.54, 1.807) is 12.1 Å². The van der Waals surface area contributed by atoms with Gasteiger partial charge in [-0.2, -0.15) is 0 Å². The Morgan fingerprint density at radius 2 is 1.15 bits per heavy atom. The van der Waals surface area contributed by atoms with Gasteiger partial charge < -0.3 is 9.05 Å². The summed E-state index contributed by atoms with van der Waals surface area (Å²) in [6, 6.07) is 24.2. The maximum atomic E-state index is 13.4. The number of rotatable bonds is 7. The molecule has 0 unspecified atom stereocenters. The molecule has 0 heterocycles. The molecule has 0 bridgehead atoms. The van der Waals surface area contributed by atoms with Gasteiger partial charge in [-0.1, -0.05) is 66.7 Å². The normalized spacial score (nSPS) is 11.2. The molecule has 3 aromatic carbocycles. The van der Waals surface area contributed by atoms with Crippen molar-refractivity contribution in [3.05, 3.63) is 95.6 Å². The van der Waals surface area contributed by atoms with E-state index in [4.69, 9.17) is 13.6 Å². The zero-order valence-corrected chi connectivity index (χ0v) is 15.7. The number of benzene rings is 3. The lowest BCUT2D eigenvalue weighted by molar-refractivity contribution is 0.200. The van der Waals surface area contributed by atoms with Crippen LogP contribution in [0.4, 0.5) is 0 Å². The first-order valence-electron chi connectivity index (χ1n) is 8.35. The van der Waals surface area contributed by atoms with Gasteiger partial charge >= 0.3 is 7.82 Å². The fraction of sp³-hybridized carbons (Fsp3) is 0.143. The summed E-state index contributed by atoms with van der Waals surface area (Å²) in [5.74, 6) is 0.940. The van der Waals surface area contributed by atoms with Crippen molar-refractivity contribution >= 4 is 7.82 Å². The molecule has 5 heteroatoms. The molecule has 3 aromatic rings. The number of hydrogen-bond acceptors (Lipinski definition) is 4. The molecule has 0 N–H and O–H groups in total. The van der Waals surface area contributed by atoms with Gasteiger partial charge in [0, 0.05) is 0 Å². The summed E-state index contributed by atoms with van der Waals surface area (Å²) >= 11 is 0. The van der Waals surface area contributed by atoms with Gasteiger partial charge in [-0.05, 0) is 42.7 Å². The predicted octanol–water partition coefficient (Wildman–Crippen LogP) is 6.09. The third-order valence-corrected chi connectivity index (χ3v) is 5.13. The average Bonchev–Trinajstić information content (AvgIpc) is 2.65. The van der Waals surface area contributed by atoms with Crippen LogP contribution < -0.4 is 9.05 Å². The molecule has 0 aromatic heterocycles. The molecule has 0 fully saturated rings. The van der Waals surface area contributed by atoms with Gasteiger partial charge in [-0.3, -0.25) is 4.52 Å². The van der Waals surface area contributed by atoms with Crippen LogP contribution in [-0.4, -0.2) is 0 Å². The molecule has 0 saturated carbocycles. The summed E-state index contributed by atoms with van der Waals surface area (Å²) in [6.07, 6.45) is 0. The fourth-order valence-corrected chi connectivity index (χ4v) is 3.70. The summed E-state index contributed by atoms with van der Waals surface area (Å²) in [7, 11) is -3.88. The number of hydrogen-bond donors (Lipinski definition) is 0.